The maximum Gasteiger partial charge on any atom is 0.305 e. The molecule has 1 aliphatic heterocycles. The minimum Gasteiger partial charge on any atom is -0.485 e. The molecule has 7 heteroatoms. The summed E-state index contributed by atoms with van der Waals surface area (Å²) in [5, 5.41) is 11.3. The first kappa shape index (κ1) is 20.9. The number of aryl methyl sites for hydroxylation is 1. The second-order valence-corrected chi connectivity index (χ2v) is 9.14. The van der Waals surface area contributed by atoms with Crippen LogP contribution in [0.3, 0.4) is 0 Å². The van der Waals surface area contributed by atoms with E-state index in [2.05, 4.69) is 48.1 Å². The van der Waals surface area contributed by atoms with Gasteiger partial charge in [0, 0.05) is 21.5 Å². The van der Waals surface area contributed by atoms with Crippen molar-refractivity contribution in [1.29, 1.82) is 0 Å². The summed E-state index contributed by atoms with van der Waals surface area (Å²) in [5.41, 5.74) is 3.63. The fourth-order valence-electron chi connectivity index (χ4n) is 3.62. The quantitative estimate of drug-likeness (QED) is 0.623. The van der Waals surface area contributed by atoms with Gasteiger partial charge in [0.25, 0.3) is 5.91 Å². The zero-order chi connectivity index (χ0) is 20.4. The van der Waals surface area contributed by atoms with Crippen molar-refractivity contribution >= 4 is 39.1 Å². The molecule has 28 heavy (non-hydrogen) atoms. The van der Waals surface area contributed by atoms with Crippen LogP contribution in [-0.4, -0.2) is 23.5 Å². The van der Waals surface area contributed by atoms with Crippen LogP contribution < -0.4 is 10.1 Å². The highest BCUT2D eigenvalue weighted by Gasteiger charge is 2.27. The van der Waals surface area contributed by atoms with Crippen LogP contribution in [0.15, 0.2) is 22.7 Å². The molecule has 0 bridgehead atoms. The lowest BCUT2D eigenvalue weighted by atomic mass is 9.91. The van der Waals surface area contributed by atoms with Gasteiger partial charge in [0.15, 0.2) is 0 Å². The van der Waals surface area contributed by atoms with Gasteiger partial charge in [-0.1, -0.05) is 22.9 Å². The Morgan fingerprint density at radius 1 is 1.32 bits per heavy atom. The van der Waals surface area contributed by atoms with E-state index in [4.69, 9.17) is 9.84 Å². The summed E-state index contributed by atoms with van der Waals surface area (Å²) >= 11 is 5.09. The zero-order valence-corrected chi connectivity index (χ0v) is 18.6. The molecule has 2 aromatic rings. The van der Waals surface area contributed by atoms with E-state index in [0.29, 0.717) is 10.8 Å². The number of hydrogen-bond donors (Lipinski definition) is 2. The smallest absolute Gasteiger partial charge is 0.305 e. The Bertz CT molecular complexity index is 908. The summed E-state index contributed by atoms with van der Waals surface area (Å²) in [5.74, 6) is 0.157. The van der Waals surface area contributed by atoms with Crippen LogP contribution in [0.4, 0.5) is 0 Å². The number of benzene rings is 1. The summed E-state index contributed by atoms with van der Waals surface area (Å²) in [6, 6.07) is 5.82. The molecule has 0 aliphatic carbocycles. The number of carbonyl (C=O) groups excluding carboxylic acids is 1. The third kappa shape index (κ3) is 4.41. The van der Waals surface area contributed by atoms with Gasteiger partial charge < -0.3 is 15.2 Å². The van der Waals surface area contributed by atoms with Gasteiger partial charge in [0.05, 0.1) is 11.3 Å². The van der Waals surface area contributed by atoms with E-state index < -0.39 is 5.97 Å². The highest BCUT2D eigenvalue weighted by Crippen LogP contribution is 2.45. The molecule has 5 nitrogen and oxygen atoms in total. The van der Waals surface area contributed by atoms with Crippen molar-refractivity contribution in [3.63, 3.8) is 0 Å². The highest BCUT2D eigenvalue weighted by molar-refractivity contribution is 9.10. The largest absolute Gasteiger partial charge is 0.485 e. The van der Waals surface area contributed by atoms with Crippen LogP contribution in [0.2, 0.25) is 0 Å². The summed E-state index contributed by atoms with van der Waals surface area (Å²) < 4.78 is 7.55. The molecular formula is C21H24BrNO4S. The van der Waals surface area contributed by atoms with Crippen LogP contribution in [0, 0.1) is 13.8 Å². The van der Waals surface area contributed by atoms with Gasteiger partial charge >= 0.3 is 5.97 Å². The normalized spacial score (nSPS) is 18.7. The maximum atomic E-state index is 12.2. The average Bonchev–Trinajstić information content (AvgIpc) is 3.06. The molecule has 150 valence electrons. The summed E-state index contributed by atoms with van der Waals surface area (Å²) in [6.45, 7) is 6.55. The van der Waals surface area contributed by atoms with Gasteiger partial charge in [-0.3, -0.25) is 9.59 Å². The van der Waals surface area contributed by atoms with E-state index >= 15 is 0 Å². The second-order valence-electron chi connectivity index (χ2n) is 7.23. The molecule has 2 unspecified atom stereocenters. The number of ether oxygens (including phenoxy) is 1. The molecule has 1 amide bonds. The number of carboxylic acid groups (broad SMARTS) is 1. The third-order valence-corrected chi connectivity index (χ3v) is 7.50. The Labute approximate surface area is 177 Å². The number of amides is 1. The highest BCUT2D eigenvalue weighted by atomic mass is 79.9. The van der Waals surface area contributed by atoms with Crippen LogP contribution in [-0.2, 0) is 4.79 Å². The molecule has 1 aromatic heterocycles. The Balaban J connectivity index is 1.79. The Morgan fingerprint density at radius 2 is 2.07 bits per heavy atom. The second kappa shape index (κ2) is 8.66. The number of rotatable bonds is 5. The topological polar surface area (TPSA) is 75.6 Å². The van der Waals surface area contributed by atoms with E-state index in [0.717, 1.165) is 33.5 Å². The van der Waals surface area contributed by atoms with Crippen molar-refractivity contribution in [2.75, 3.05) is 6.54 Å². The molecule has 2 N–H and O–H groups in total. The molecule has 1 aliphatic rings. The minimum absolute atomic E-state index is 0.0847. The first-order chi connectivity index (χ1) is 13.3. The van der Waals surface area contributed by atoms with Gasteiger partial charge in [-0.05, 0) is 61.9 Å². The number of carboxylic acids is 1. The summed E-state index contributed by atoms with van der Waals surface area (Å²) in [4.78, 5) is 24.4. The monoisotopic (exact) mass is 465 g/mol. The summed E-state index contributed by atoms with van der Waals surface area (Å²) in [6.07, 6.45) is 1.71. The van der Waals surface area contributed by atoms with Gasteiger partial charge in [0.1, 0.15) is 11.9 Å². The Morgan fingerprint density at radius 3 is 2.79 bits per heavy atom. The number of carbonyl (C=O) groups is 2. The van der Waals surface area contributed by atoms with Gasteiger partial charge in [-0.25, -0.2) is 0 Å². The lowest BCUT2D eigenvalue weighted by Crippen LogP contribution is -2.25. The molecule has 0 spiro atoms. The number of halogens is 1. The van der Waals surface area contributed by atoms with Crippen LogP contribution in [0.5, 0.6) is 5.75 Å². The van der Waals surface area contributed by atoms with Gasteiger partial charge in [-0.2, -0.15) is 0 Å². The van der Waals surface area contributed by atoms with Crippen molar-refractivity contribution in [2.45, 2.75) is 52.1 Å². The standard InChI is InChI=1S/C21H24BrNO4S/c1-11-4-5-14(27-15-10-12(2)20(22)13(3)19(11)15)16-6-7-17(28-16)21(26)23-9-8-18(24)25/h6-7,10-11,14H,4-5,8-9H2,1-3H3,(H,23,26)(H,24,25). The number of aliphatic carboxylic acids is 1. The third-order valence-electron chi connectivity index (χ3n) is 5.11. The van der Waals surface area contributed by atoms with Crippen molar-refractivity contribution < 1.29 is 19.4 Å². The number of hydrogen-bond acceptors (Lipinski definition) is 4. The molecule has 1 aromatic carbocycles. The SMILES string of the molecule is Cc1cc2c(c(C)c1Br)C(C)CCC(c1ccc(C(=O)NCCC(=O)O)s1)O2. The number of fused-ring (bicyclic) bond motifs is 1. The molecule has 2 atom stereocenters. The van der Waals surface area contributed by atoms with Crippen LogP contribution in [0.25, 0.3) is 0 Å². The minimum atomic E-state index is -0.927. The molecule has 0 radical (unpaired) electrons. The molecule has 0 fully saturated rings. The van der Waals surface area contributed by atoms with E-state index in [1.807, 2.05) is 6.07 Å². The maximum absolute atomic E-state index is 12.2. The van der Waals surface area contributed by atoms with E-state index in [9.17, 15) is 9.59 Å². The molecule has 0 saturated carbocycles. The Kier molecular flexibility index (Phi) is 6.45. The van der Waals surface area contributed by atoms with Gasteiger partial charge in [-0.15, -0.1) is 11.3 Å². The van der Waals surface area contributed by atoms with E-state index in [-0.39, 0.29) is 25.0 Å². The van der Waals surface area contributed by atoms with Crippen molar-refractivity contribution in [2.24, 2.45) is 0 Å². The number of nitrogens with one attached hydrogen (secondary N) is 1. The van der Waals surface area contributed by atoms with Crippen molar-refractivity contribution in [3.8, 4) is 5.75 Å². The fourth-order valence-corrected chi connectivity index (χ4v) is 4.94. The number of thiophene rings is 1. The van der Waals surface area contributed by atoms with Gasteiger partial charge in [0.2, 0.25) is 0 Å². The fraction of sp³-hybridized carbons (Fsp3) is 0.429. The Hall–Kier alpha value is -1.86. The molecule has 3 rings (SSSR count). The molecule has 0 saturated heterocycles. The first-order valence-corrected chi connectivity index (χ1v) is 10.9. The van der Waals surface area contributed by atoms with E-state index in [1.54, 1.807) is 6.07 Å². The lowest BCUT2D eigenvalue weighted by Gasteiger charge is -2.19. The van der Waals surface area contributed by atoms with Crippen molar-refractivity contribution in [1.82, 2.24) is 5.32 Å². The first-order valence-electron chi connectivity index (χ1n) is 9.34. The molecule has 2 heterocycles. The van der Waals surface area contributed by atoms with E-state index in [1.165, 1.54) is 22.5 Å². The van der Waals surface area contributed by atoms with Crippen molar-refractivity contribution in [3.05, 3.63) is 49.1 Å². The predicted molar refractivity (Wildman–Crippen MR) is 114 cm³/mol. The van der Waals surface area contributed by atoms with Crippen LogP contribution >= 0.6 is 27.3 Å². The average molecular weight is 466 g/mol. The zero-order valence-electron chi connectivity index (χ0n) is 16.2. The lowest BCUT2D eigenvalue weighted by molar-refractivity contribution is -0.136. The van der Waals surface area contributed by atoms with Crippen LogP contribution in [0.1, 0.15) is 69.4 Å². The predicted octanol–water partition coefficient (Wildman–Crippen LogP) is 5.35. The summed E-state index contributed by atoms with van der Waals surface area (Å²) in [7, 11) is 0. The molecular weight excluding hydrogens is 442 g/mol.